The van der Waals surface area contributed by atoms with Crippen molar-refractivity contribution in [2.24, 2.45) is 0 Å². The first-order valence-corrected chi connectivity index (χ1v) is 9.32. The van der Waals surface area contributed by atoms with Crippen LogP contribution in [0, 0.1) is 4.51 Å². The lowest BCUT2D eigenvalue weighted by atomic mass is 10.0. The van der Waals surface area contributed by atoms with E-state index >= 15 is 0 Å². The summed E-state index contributed by atoms with van der Waals surface area (Å²) in [6.07, 6.45) is 2.30. The molecule has 0 spiro atoms. The maximum absolute atomic E-state index is 10.1. The molecule has 7 heteroatoms. The first-order valence-electron chi connectivity index (χ1n) is 7.02. The molecule has 1 heterocycles. The third-order valence-electron chi connectivity index (χ3n) is 3.72. The summed E-state index contributed by atoms with van der Waals surface area (Å²) >= 11 is 1.93. The van der Waals surface area contributed by atoms with Gasteiger partial charge >= 0.3 is 0 Å². The molecular formula is C17H13FO4S2. The maximum atomic E-state index is 10.1. The molecule has 4 nitrogen and oxygen atoms in total. The second-order valence-corrected chi connectivity index (χ2v) is 6.93. The number of halogens is 1. The van der Waals surface area contributed by atoms with Crippen molar-refractivity contribution in [1.29, 1.82) is 0 Å². The number of hydrogen-bond acceptors (Lipinski definition) is 4. The maximum Gasteiger partial charge on any atom is 0.255 e. The van der Waals surface area contributed by atoms with Crippen molar-refractivity contribution in [3.63, 3.8) is 0 Å². The van der Waals surface area contributed by atoms with E-state index in [1.807, 2.05) is 11.4 Å². The van der Waals surface area contributed by atoms with E-state index in [2.05, 4.69) is 48.5 Å². The van der Waals surface area contributed by atoms with E-state index in [4.69, 9.17) is 17.7 Å². The van der Waals surface area contributed by atoms with Gasteiger partial charge in [-0.3, -0.25) is 0 Å². The minimum atomic E-state index is -5.42. The zero-order valence-electron chi connectivity index (χ0n) is 12.7. The molecule has 0 radical (unpaired) electrons. The van der Waals surface area contributed by atoms with Gasteiger partial charge in [0.25, 0.3) is 10.5 Å². The van der Waals surface area contributed by atoms with Gasteiger partial charge in [0.15, 0.2) is 17.1 Å². The highest BCUT2D eigenvalue weighted by Gasteiger charge is 2.15. The minimum Gasteiger partial charge on any atom is -0.722 e. The fraction of sp³-hybridized carbons (Fsp3) is 0.118. The molecule has 0 aliphatic carbocycles. The molecule has 0 saturated heterocycles. The Hall–Kier alpha value is -2.09. The second-order valence-electron chi connectivity index (χ2n) is 5.11. The molecule has 0 atom stereocenters. The van der Waals surface area contributed by atoms with Gasteiger partial charge < -0.3 is 9.29 Å². The molecule has 0 N–H and O–H groups in total. The molecule has 0 bridgehead atoms. The monoisotopic (exact) mass is 364 g/mol. The van der Waals surface area contributed by atoms with Crippen molar-refractivity contribution in [3.05, 3.63) is 52.2 Å². The number of ether oxygens (including phenoxy) is 1. The topological polar surface area (TPSA) is 66.4 Å². The van der Waals surface area contributed by atoms with E-state index in [-0.39, 0.29) is 0 Å². The van der Waals surface area contributed by atoms with E-state index < -0.39 is 10.5 Å². The Morgan fingerprint density at radius 1 is 1.17 bits per heavy atom. The van der Waals surface area contributed by atoms with Gasteiger partial charge in [-0.15, -0.1) is 3.89 Å². The van der Waals surface area contributed by atoms with Crippen LogP contribution in [0.15, 0.2) is 42.5 Å². The molecular weight excluding hydrogens is 351 g/mol. The van der Waals surface area contributed by atoms with Crippen molar-refractivity contribution < 1.29 is 21.6 Å². The Kier molecular flexibility index (Phi) is 4.49. The first-order chi connectivity index (χ1) is 11.4. The van der Waals surface area contributed by atoms with Crippen LogP contribution in [0.2, 0.25) is 0 Å². The van der Waals surface area contributed by atoms with Gasteiger partial charge in [0, 0.05) is 10.6 Å². The molecule has 3 aromatic rings. The highest BCUT2D eigenvalue weighted by atomic mass is 32.3. The summed E-state index contributed by atoms with van der Waals surface area (Å²) in [6, 6.07) is 15.1. The van der Waals surface area contributed by atoms with Crippen molar-refractivity contribution in [1.82, 2.24) is 0 Å². The van der Waals surface area contributed by atoms with Crippen molar-refractivity contribution in [2.45, 2.75) is 0 Å². The number of rotatable bonds is 1. The van der Waals surface area contributed by atoms with Crippen LogP contribution in [-0.4, -0.2) is 25.8 Å². The average molecular weight is 364 g/mol. The van der Waals surface area contributed by atoms with Crippen LogP contribution in [-0.2, 0) is 21.9 Å². The summed E-state index contributed by atoms with van der Waals surface area (Å²) in [4.78, 5) is 0. The van der Waals surface area contributed by atoms with Crippen LogP contribution >= 0.6 is 0 Å². The average Bonchev–Trinajstić information content (AvgIpc) is 3.00. The minimum absolute atomic E-state index is 0.954. The van der Waals surface area contributed by atoms with E-state index in [0.717, 1.165) is 11.5 Å². The molecule has 1 aliphatic rings. The van der Waals surface area contributed by atoms with Gasteiger partial charge in [0.2, 0.25) is 4.51 Å². The zero-order chi connectivity index (χ0) is 17.3. The summed E-state index contributed by atoms with van der Waals surface area (Å²) in [5.41, 5.74) is 0. The SMILES string of the molecule is COc1cc2ccc3c(c2c2ccccc12)=[S+]CC=3.O=S(=O)([O-])F. The van der Waals surface area contributed by atoms with Crippen molar-refractivity contribution >= 4 is 49.5 Å². The quantitative estimate of drug-likeness (QED) is 0.219. The highest BCUT2D eigenvalue weighted by molar-refractivity contribution is 7.80. The van der Waals surface area contributed by atoms with E-state index in [1.165, 1.54) is 31.3 Å². The number of benzene rings is 3. The third kappa shape index (κ3) is 3.38. The third-order valence-corrected chi connectivity index (χ3v) is 4.78. The van der Waals surface area contributed by atoms with E-state index in [1.54, 1.807) is 7.11 Å². The largest absolute Gasteiger partial charge is 0.722 e. The molecule has 4 rings (SSSR count). The Balaban J connectivity index is 0.000000300. The molecule has 3 aromatic carbocycles. The number of hydrogen-bond donors (Lipinski definition) is 0. The van der Waals surface area contributed by atoms with Crippen LogP contribution in [0.1, 0.15) is 0 Å². The molecule has 0 saturated carbocycles. The Labute approximate surface area is 142 Å². The fourth-order valence-corrected chi connectivity index (χ4v) is 3.97. The Bertz CT molecular complexity index is 1150. The lowest BCUT2D eigenvalue weighted by Crippen LogP contribution is -2.00. The normalized spacial score (nSPS) is 12.8. The molecule has 0 unspecified atom stereocenters. The highest BCUT2D eigenvalue weighted by Crippen LogP contribution is 2.33. The van der Waals surface area contributed by atoms with E-state index in [9.17, 15) is 3.89 Å². The Morgan fingerprint density at radius 3 is 2.50 bits per heavy atom. The summed E-state index contributed by atoms with van der Waals surface area (Å²) in [5, 5.41) is 6.48. The summed E-state index contributed by atoms with van der Waals surface area (Å²) in [5.74, 6) is 2.03. The molecule has 24 heavy (non-hydrogen) atoms. The van der Waals surface area contributed by atoms with Crippen LogP contribution in [0.25, 0.3) is 27.6 Å². The fourth-order valence-electron chi connectivity index (χ4n) is 2.85. The lowest BCUT2D eigenvalue weighted by molar-refractivity contribution is 0.417. The first kappa shape index (κ1) is 16.8. The number of fused-ring (bicyclic) bond motifs is 5. The Morgan fingerprint density at radius 2 is 1.83 bits per heavy atom. The van der Waals surface area contributed by atoms with Crippen LogP contribution in [0.4, 0.5) is 3.89 Å². The molecule has 0 fully saturated rings. The van der Waals surface area contributed by atoms with Gasteiger partial charge in [-0.2, -0.15) is 0 Å². The van der Waals surface area contributed by atoms with Gasteiger partial charge in [-0.05, 0) is 29.0 Å². The molecule has 0 amide bonds. The predicted molar refractivity (Wildman–Crippen MR) is 94.0 cm³/mol. The summed E-state index contributed by atoms with van der Waals surface area (Å²) < 4.78 is 42.3. The molecule has 0 aromatic heterocycles. The van der Waals surface area contributed by atoms with Gasteiger partial charge in [-0.1, -0.05) is 30.3 Å². The van der Waals surface area contributed by atoms with Crippen molar-refractivity contribution in [2.75, 3.05) is 12.9 Å². The van der Waals surface area contributed by atoms with Gasteiger partial charge in [-0.25, -0.2) is 8.42 Å². The summed E-state index contributed by atoms with van der Waals surface area (Å²) in [6.45, 7) is 0. The zero-order valence-corrected chi connectivity index (χ0v) is 14.3. The predicted octanol–water partition coefficient (Wildman–Crippen LogP) is 2.55. The molecule has 1 aliphatic heterocycles. The van der Waals surface area contributed by atoms with Crippen molar-refractivity contribution in [3.8, 4) is 5.75 Å². The van der Waals surface area contributed by atoms with Crippen LogP contribution in [0.3, 0.4) is 0 Å². The van der Waals surface area contributed by atoms with Gasteiger partial charge in [0.1, 0.15) is 5.75 Å². The van der Waals surface area contributed by atoms with Crippen LogP contribution < -0.4 is 9.96 Å². The van der Waals surface area contributed by atoms with Crippen LogP contribution in [0.5, 0.6) is 5.75 Å². The smallest absolute Gasteiger partial charge is 0.255 e. The summed E-state index contributed by atoms with van der Waals surface area (Å²) in [7, 11) is -3.68. The van der Waals surface area contributed by atoms with Gasteiger partial charge in [0.05, 0.1) is 12.5 Å². The molecule has 124 valence electrons. The van der Waals surface area contributed by atoms with E-state index in [0.29, 0.717) is 0 Å². The second kappa shape index (κ2) is 6.43. The standard InChI is InChI=1S/C17H13OS.FHO3S/c1-18-15-10-12-7-6-11-8-9-19-17(11)16(12)14-5-3-2-4-13(14)15;1-5(2,3)4/h2-8,10H,9H2,1H3;(H,2,3,4)/q+1;/p-1. The number of methoxy groups -OCH3 is 1. The lowest BCUT2D eigenvalue weighted by Gasteiger charge is -2.08.